The third-order valence-corrected chi connectivity index (χ3v) is 4.92. The summed E-state index contributed by atoms with van der Waals surface area (Å²) in [6.07, 6.45) is 0. The van der Waals surface area contributed by atoms with Crippen molar-refractivity contribution in [2.75, 3.05) is 85.1 Å². The number of rotatable bonds is 10. The van der Waals surface area contributed by atoms with Crippen molar-refractivity contribution in [3.8, 4) is 0 Å². The van der Waals surface area contributed by atoms with E-state index in [0.717, 1.165) is 0 Å². The molecule has 1 heterocycles. The Hall–Kier alpha value is -2.19. The molecule has 0 unspecified atom stereocenters. The lowest BCUT2D eigenvalue weighted by Crippen LogP contribution is -2.49. The van der Waals surface area contributed by atoms with E-state index >= 15 is 0 Å². The van der Waals surface area contributed by atoms with Crippen molar-refractivity contribution in [1.29, 1.82) is 0 Å². The van der Waals surface area contributed by atoms with E-state index in [1.165, 1.54) is 5.37 Å². The average molecular weight is 462 g/mol. The Bertz CT molecular complexity index is 604. The molecular formula is C18H31N5O7S. The highest BCUT2D eigenvalue weighted by atomic mass is 32.1. The zero-order chi connectivity index (χ0) is 23.2. The van der Waals surface area contributed by atoms with Gasteiger partial charge in [0.15, 0.2) is 0 Å². The number of nitrogens with zero attached hydrogens (tertiary/aromatic N) is 4. The zero-order valence-electron chi connectivity index (χ0n) is 17.4. The van der Waals surface area contributed by atoms with Crippen LogP contribution in [0.2, 0.25) is 0 Å². The van der Waals surface area contributed by atoms with Crippen LogP contribution in [0, 0.1) is 0 Å². The first kappa shape index (κ1) is 26.8. The number of nitrogens with one attached hydrogen (secondary N) is 1. The van der Waals surface area contributed by atoms with Crippen LogP contribution in [0.25, 0.3) is 0 Å². The molecule has 1 amide bonds. The standard InChI is InChI=1S/C18H31N5O7S/c24-15(19-1-10-31)11-20-2-4-21(12-16(25)26)6-8-23(14-18(29)30)9-7-22(5-3-20)13-17(27)28/h10H,1-9,11-14H2,(H,19,24)(H,25,26)(H,27,28)(H,29,30). The third-order valence-electron chi connectivity index (χ3n) is 4.76. The molecule has 0 saturated carbocycles. The van der Waals surface area contributed by atoms with Crippen LogP contribution in [0.1, 0.15) is 0 Å². The number of carbonyl (C=O) groups excluding carboxylic acids is 1. The Labute approximate surface area is 186 Å². The van der Waals surface area contributed by atoms with Gasteiger partial charge in [0.2, 0.25) is 5.91 Å². The lowest BCUT2D eigenvalue weighted by Gasteiger charge is -2.32. The van der Waals surface area contributed by atoms with Crippen LogP contribution in [0.15, 0.2) is 0 Å². The van der Waals surface area contributed by atoms with E-state index in [1.807, 2.05) is 4.90 Å². The molecule has 31 heavy (non-hydrogen) atoms. The number of hydrogen-bond donors (Lipinski definition) is 4. The normalized spacial score (nSPS) is 18.5. The second kappa shape index (κ2) is 14.8. The second-order valence-corrected chi connectivity index (χ2v) is 7.59. The highest BCUT2D eigenvalue weighted by molar-refractivity contribution is 7.79. The van der Waals surface area contributed by atoms with E-state index in [9.17, 15) is 29.4 Å². The third kappa shape index (κ3) is 13.0. The van der Waals surface area contributed by atoms with Gasteiger partial charge in [-0.25, -0.2) is 0 Å². The van der Waals surface area contributed by atoms with Crippen LogP contribution in [0.4, 0.5) is 0 Å². The summed E-state index contributed by atoms with van der Waals surface area (Å²) in [4.78, 5) is 52.7. The molecule has 176 valence electrons. The van der Waals surface area contributed by atoms with Crippen LogP contribution >= 0.6 is 12.2 Å². The van der Waals surface area contributed by atoms with Gasteiger partial charge < -0.3 is 20.6 Å². The maximum atomic E-state index is 12.1. The molecule has 0 aromatic rings. The number of carboxylic acids is 3. The Morgan fingerprint density at radius 2 is 0.935 bits per heavy atom. The molecule has 1 fully saturated rings. The summed E-state index contributed by atoms with van der Waals surface area (Å²) >= 11 is 4.70. The van der Waals surface area contributed by atoms with Crippen LogP contribution in [0.3, 0.4) is 0 Å². The molecular weight excluding hydrogens is 430 g/mol. The monoisotopic (exact) mass is 461 g/mol. The van der Waals surface area contributed by atoms with Crippen LogP contribution < -0.4 is 5.32 Å². The maximum Gasteiger partial charge on any atom is 0.317 e. The minimum Gasteiger partial charge on any atom is -0.480 e. The number of amides is 1. The van der Waals surface area contributed by atoms with Crippen molar-refractivity contribution >= 4 is 41.4 Å². The van der Waals surface area contributed by atoms with E-state index in [4.69, 9.17) is 17.3 Å². The van der Waals surface area contributed by atoms with E-state index in [-0.39, 0.29) is 38.6 Å². The Kier molecular flexibility index (Phi) is 12.8. The molecule has 1 aliphatic rings. The van der Waals surface area contributed by atoms with Crippen molar-refractivity contribution in [2.45, 2.75) is 0 Å². The number of carboxylic acid groups (broad SMARTS) is 3. The fourth-order valence-corrected chi connectivity index (χ4v) is 3.28. The summed E-state index contributed by atoms with van der Waals surface area (Å²) in [6, 6.07) is 0. The van der Waals surface area contributed by atoms with Crippen molar-refractivity contribution in [1.82, 2.24) is 24.9 Å². The van der Waals surface area contributed by atoms with Gasteiger partial charge >= 0.3 is 17.9 Å². The zero-order valence-corrected chi connectivity index (χ0v) is 18.3. The molecule has 0 aromatic carbocycles. The summed E-state index contributed by atoms with van der Waals surface area (Å²) < 4.78 is 0. The van der Waals surface area contributed by atoms with Gasteiger partial charge in [0, 0.05) is 58.9 Å². The quantitative estimate of drug-likeness (QED) is 0.256. The molecule has 0 bridgehead atoms. The Morgan fingerprint density at radius 1 is 0.645 bits per heavy atom. The summed E-state index contributed by atoms with van der Waals surface area (Å²) in [5.41, 5.74) is 0. The average Bonchev–Trinajstić information content (AvgIpc) is 2.67. The van der Waals surface area contributed by atoms with Gasteiger partial charge in [-0.2, -0.15) is 0 Å². The van der Waals surface area contributed by atoms with E-state index < -0.39 is 17.9 Å². The number of carbonyl (C=O) groups is 4. The predicted molar refractivity (Wildman–Crippen MR) is 115 cm³/mol. The second-order valence-electron chi connectivity index (χ2n) is 7.26. The Morgan fingerprint density at radius 3 is 1.19 bits per heavy atom. The Balaban J connectivity index is 2.92. The van der Waals surface area contributed by atoms with Crippen molar-refractivity contribution in [3.63, 3.8) is 0 Å². The fraction of sp³-hybridized carbons (Fsp3) is 0.722. The molecule has 0 spiro atoms. The number of aliphatic carboxylic acids is 3. The smallest absolute Gasteiger partial charge is 0.317 e. The van der Waals surface area contributed by atoms with E-state index in [1.54, 1.807) is 14.7 Å². The van der Waals surface area contributed by atoms with Crippen molar-refractivity contribution in [3.05, 3.63) is 0 Å². The lowest BCUT2D eigenvalue weighted by atomic mass is 10.3. The van der Waals surface area contributed by atoms with Gasteiger partial charge in [-0.3, -0.25) is 38.8 Å². The van der Waals surface area contributed by atoms with Gasteiger partial charge in [-0.05, 0) is 5.37 Å². The van der Waals surface area contributed by atoms with Crippen LogP contribution in [0.5, 0.6) is 0 Å². The highest BCUT2D eigenvalue weighted by Crippen LogP contribution is 2.01. The molecule has 0 aliphatic carbocycles. The van der Waals surface area contributed by atoms with Gasteiger partial charge in [-0.15, -0.1) is 0 Å². The van der Waals surface area contributed by atoms with Gasteiger partial charge in [0.25, 0.3) is 0 Å². The van der Waals surface area contributed by atoms with Gasteiger partial charge in [0.1, 0.15) is 0 Å². The largest absolute Gasteiger partial charge is 0.480 e. The number of hydrogen-bond acceptors (Lipinski definition) is 9. The highest BCUT2D eigenvalue weighted by Gasteiger charge is 2.20. The first-order valence-electron chi connectivity index (χ1n) is 9.94. The molecule has 4 N–H and O–H groups in total. The molecule has 13 heteroatoms. The van der Waals surface area contributed by atoms with Crippen molar-refractivity contribution < 1.29 is 34.5 Å². The topological polar surface area (TPSA) is 154 Å². The summed E-state index contributed by atoms with van der Waals surface area (Å²) in [5.74, 6) is -3.21. The van der Waals surface area contributed by atoms with E-state index in [0.29, 0.717) is 52.4 Å². The predicted octanol–water partition coefficient (Wildman–Crippen LogP) is -2.42. The summed E-state index contributed by atoms with van der Waals surface area (Å²) in [7, 11) is 0. The SMILES string of the molecule is O=C(O)CN1CCN(CC(=O)O)CCN(CC(=O)NCC=S)CCN(CC(=O)O)CC1. The minimum atomic E-state index is -1.00. The first-order chi connectivity index (χ1) is 14.7. The maximum absolute atomic E-state index is 12.1. The molecule has 0 aromatic heterocycles. The molecule has 1 aliphatic heterocycles. The molecule has 1 saturated heterocycles. The van der Waals surface area contributed by atoms with E-state index in [2.05, 4.69) is 5.32 Å². The molecule has 1 rings (SSSR count). The summed E-state index contributed by atoms with van der Waals surface area (Å²) in [6.45, 7) is 2.60. The number of thiocarbonyl (C=S) groups is 1. The van der Waals surface area contributed by atoms with Gasteiger partial charge in [-0.1, -0.05) is 12.2 Å². The van der Waals surface area contributed by atoms with Crippen molar-refractivity contribution in [2.24, 2.45) is 0 Å². The first-order valence-corrected chi connectivity index (χ1v) is 10.4. The molecule has 0 atom stereocenters. The van der Waals surface area contributed by atoms with Crippen LogP contribution in [-0.2, 0) is 19.2 Å². The lowest BCUT2D eigenvalue weighted by molar-refractivity contribution is -0.140. The van der Waals surface area contributed by atoms with Crippen LogP contribution in [-0.4, -0.2) is 149 Å². The van der Waals surface area contributed by atoms with Gasteiger partial charge in [0.05, 0.1) is 26.2 Å². The summed E-state index contributed by atoms with van der Waals surface area (Å²) in [5, 5.41) is 31.6. The fourth-order valence-electron chi connectivity index (χ4n) is 3.20. The minimum absolute atomic E-state index is 0.0795. The molecule has 0 radical (unpaired) electrons. The molecule has 12 nitrogen and oxygen atoms in total.